The Morgan fingerprint density at radius 3 is 2.86 bits per heavy atom. The van der Waals surface area contributed by atoms with E-state index in [1.165, 1.54) is 11.3 Å². The lowest BCUT2D eigenvalue weighted by Crippen LogP contribution is -2.20. The first-order valence-corrected chi connectivity index (χ1v) is 9.53. The lowest BCUT2D eigenvalue weighted by Gasteiger charge is -2.09. The SMILES string of the molecule is Cc1ccccc1NC(=O)COc1cccc(-c2noc(-c3cccs3)n2)c1. The molecule has 6 nitrogen and oxygen atoms in total. The van der Waals surface area contributed by atoms with Gasteiger partial charge in [0.05, 0.1) is 4.88 Å². The van der Waals surface area contributed by atoms with Gasteiger partial charge in [-0.2, -0.15) is 4.98 Å². The molecule has 140 valence electrons. The van der Waals surface area contributed by atoms with Gasteiger partial charge in [-0.25, -0.2) is 0 Å². The maximum absolute atomic E-state index is 12.2. The summed E-state index contributed by atoms with van der Waals surface area (Å²) in [5.74, 6) is 1.28. The maximum Gasteiger partial charge on any atom is 0.268 e. The van der Waals surface area contributed by atoms with Crippen LogP contribution in [-0.2, 0) is 4.79 Å². The molecular weight excluding hydrogens is 374 g/mol. The number of hydrogen-bond acceptors (Lipinski definition) is 6. The van der Waals surface area contributed by atoms with E-state index >= 15 is 0 Å². The molecule has 0 saturated heterocycles. The second kappa shape index (κ2) is 8.06. The number of rotatable bonds is 6. The van der Waals surface area contributed by atoms with E-state index in [2.05, 4.69) is 15.5 Å². The highest BCUT2D eigenvalue weighted by Crippen LogP contribution is 2.27. The summed E-state index contributed by atoms with van der Waals surface area (Å²) in [5, 5.41) is 8.83. The van der Waals surface area contributed by atoms with Crippen LogP contribution >= 0.6 is 11.3 Å². The van der Waals surface area contributed by atoms with E-state index in [0.29, 0.717) is 17.5 Å². The van der Waals surface area contributed by atoms with E-state index in [1.807, 2.05) is 60.8 Å². The van der Waals surface area contributed by atoms with Crippen molar-refractivity contribution in [2.45, 2.75) is 6.92 Å². The summed E-state index contributed by atoms with van der Waals surface area (Å²) in [6, 6.07) is 18.7. The predicted molar refractivity (Wildman–Crippen MR) is 108 cm³/mol. The molecule has 0 aliphatic carbocycles. The van der Waals surface area contributed by atoms with Crippen LogP contribution in [0.2, 0.25) is 0 Å². The van der Waals surface area contributed by atoms with Crippen molar-refractivity contribution in [3.63, 3.8) is 0 Å². The molecule has 0 unspecified atom stereocenters. The van der Waals surface area contributed by atoms with Crippen LogP contribution in [0.25, 0.3) is 22.2 Å². The number of amides is 1. The number of carbonyl (C=O) groups excluding carboxylic acids is 1. The normalized spacial score (nSPS) is 10.6. The fraction of sp³-hybridized carbons (Fsp3) is 0.0952. The Kier molecular flexibility index (Phi) is 5.16. The van der Waals surface area contributed by atoms with Crippen LogP contribution in [-0.4, -0.2) is 22.7 Å². The van der Waals surface area contributed by atoms with Crippen molar-refractivity contribution < 1.29 is 14.1 Å². The molecule has 0 atom stereocenters. The number of nitrogens with one attached hydrogen (secondary N) is 1. The van der Waals surface area contributed by atoms with Gasteiger partial charge in [0.1, 0.15) is 5.75 Å². The number of nitrogens with zero attached hydrogens (tertiary/aromatic N) is 2. The van der Waals surface area contributed by atoms with E-state index < -0.39 is 0 Å². The Morgan fingerprint density at radius 1 is 1.14 bits per heavy atom. The molecule has 0 aliphatic heterocycles. The Hall–Kier alpha value is -3.45. The molecule has 1 N–H and O–H groups in total. The van der Waals surface area contributed by atoms with Gasteiger partial charge in [0.25, 0.3) is 11.8 Å². The Bertz CT molecular complexity index is 1090. The maximum atomic E-state index is 12.2. The van der Waals surface area contributed by atoms with Crippen LogP contribution in [0.4, 0.5) is 5.69 Å². The minimum atomic E-state index is -0.223. The van der Waals surface area contributed by atoms with Crippen molar-refractivity contribution in [2.24, 2.45) is 0 Å². The van der Waals surface area contributed by atoms with Crippen LogP contribution in [0.15, 0.2) is 70.6 Å². The number of carbonyl (C=O) groups is 1. The number of anilines is 1. The molecule has 0 radical (unpaired) electrons. The van der Waals surface area contributed by atoms with E-state index in [0.717, 1.165) is 21.7 Å². The van der Waals surface area contributed by atoms with Crippen molar-refractivity contribution in [2.75, 3.05) is 11.9 Å². The molecule has 2 aromatic carbocycles. The second-order valence-corrected chi connectivity index (χ2v) is 7.03. The quantitative estimate of drug-likeness (QED) is 0.511. The molecular formula is C21H17N3O3S. The van der Waals surface area contributed by atoms with Gasteiger partial charge in [-0.3, -0.25) is 4.79 Å². The van der Waals surface area contributed by atoms with E-state index in [-0.39, 0.29) is 12.5 Å². The fourth-order valence-corrected chi connectivity index (χ4v) is 3.26. The van der Waals surface area contributed by atoms with Gasteiger partial charge in [-0.05, 0) is 42.1 Å². The van der Waals surface area contributed by atoms with Gasteiger partial charge in [0.15, 0.2) is 6.61 Å². The molecule has 7 heteroatoms. The summed E-state index contributed by atoms with van der Waals surface area (Å²) in [6.07, 6.45) is 0. The number of thiophene rings is 1. The Balaban J connectivity index is 1.41. The monoisotopic (exact) mass is 391 g/mol. The summed E-state index contributed by atoms with van der Waals surface area (Å²) in [7, 11) is 0. The van der Waals surface area contributed by atoms with Crippen molar-refractivity contribution in [1.29, 1.82) is 0 Å². The van der Waals surface area contributed by atoms with Gasteiger partial charge in [0, 0.05) is 11.3 Å². The highest BCUT2D eigenvalue weighted by Gasteiger charge is 2.12. The highest BCUT2D eigenvalue weighted by atomic mass is 32.1. The zero-order valence-corrected chi connectivity index (χ0v) is 15.9. The van der Waals surface area contributed by atoms with Crippen LogP contribution < -0.4 is 10.1 Å². The first-order valence-electron chi connectivity index (χ1n) is 8.65. The molecule has 0 saturated carbocycles. The zero-order valence-electron chi connectivity index (χ0n) is 15.1. The molecule has 0 fully saturated rings. The standard InChI is InChI=1S/C21H17N3O3S/c1-14-6-2-3-9-17(14)22-19(25)13-26-16-8-4-7-15(12-16)20-23-21(27-24-20)18-10-5-11-28-18/h2-12H,13H2,1H3,(H,22,25). The second-order valence-electron chi connectivity index (χ2n) is 6.08. The number of ether oxygens (including phenoxy) is 1. The first-order chi connectivity index (χ1) is 13.7. The molecule has 0 spiro atoms. The van der Waals surface area contributed by atoms with Crippen molar-refractivity contribution in [3.05, 3.63) is 71.6 Å². The van der Waals surface area contributed by atoms with Gasteiger partial charge >= 0.3 is 0 Å². The number of aromatic nitrogens is 2. The topological polar surface area (TPSA) is 77.2 Å². The van der Waals surface area contributed by atoms with Crippen LogP contribution in [0.5, 0.6) is 5.75 Å². The lowest BCUT2D eigenvalue weighted by atomic mass is 10.2. The van der Waals surface area contributed by atoms with Gasteiger partial charge in [-0.1, -0.05) is 41.6 Å². The number of aryl methyl sites for hydroxylation is 1. The largest absolute Gasteiger partial charge is 0.484 e. The van der Waals surface area contributed by atoms with Gasteiger partial charge in [0.2, 0.25) is 5.82 Å². The number of benzene rings is 2. The minimum absolute atomic E-state index is 0.0928. The molecule has 4 rings (SSSR count). The summed E-state index contributed by atoms with van der Waals surface area (Å²) < 4.78 is 10.9. The molecule has 28 heavy (non-hydrogen) atoms. The average Bonchev–Trinajstić information content (AvgIpc) is 3.40. The summed E-state index contributed by atoms with van der Waals surface area (Å²) in [6.45, 7) is 1.85. The molecule has 0 aliphatic rings. The third kappa shape index (κ3) is 4.10. The molecule has 0 bridgehead atoms. The van der Waals surface area contributed by atoms with Crippen LogP contribution in [0.3, 0.4) is 0 Å². The predicted octanol–water partition coefficient (Wildman–Crippen LogP) is 4.79. The number of para-hydroxylation sites is 1. The van der Waals surface area contributed by atoms with Gasteiger partial charge in [-0.15, -0.1) is 11.3 Å². The zero-order chi connectivity index (χ0) is 19.3. The summed E-state index contributed by atoms with van der Waals surface area (Å²) in [5.41, 5.74) is 2.53. The average molecular weight is 391 g/mol. The molecule has 1 amide bonds. The van der Waals surface area contributed by atoms with Crippen molar-refractivity contribution in [3.8, 4) is 27.9 Å². The minimum Gasteiger partial charge on any atom is -0.484 e. The van der Waals surface area contributed by atoms with Crippen LogP contribution in [0, 0.1) is 6.92 Å². The lowest BCUT2D eigenvalue weighted by molar-refractivity contribution is -0.118. The third-order valence-electron chi connectivity index (χ3n) is 4.04. The van der Waals surface area contributed by atoms with Gasteiger partial charge < -0.3 is 14.6 Å². The summed E-state index contributed by atoms with van der Waals surface area (Å²) in [4.78, 5) is 17.5. The summed E-state index contributed by atoms with van der Waals surface area (Å²) >= 11 is 1.54. The molecule has 2 aromatic heterocycles. The van der Waals surface area contributed by atoms with E-state index in [9.17, 15) is 4.79 Å². The Labute approximate surface area is 165 Å². The Morgan fingerprint density at radius 2 is 2.04 bits per heavy atom. The smallest absolute Gasteiger partial charge is 0.268 e. The molecule has 4 aromatic rings. The van der Waals surface area contributed by atoms with Crippen molar-refractivity contribution in [1.82, 2.24) is 10.1 Å². The van der Waals surface area contributed by atoms with Crippen molar-refractivity contribution >= 4 is 22.9 Å². The first kappa shape index (κ1) is 17.9. The molecule has 2 heterocycles. The van der Waals surface area contributed by atoms with E-state index in [1.54, 1.807) is 12.1 Å². The van der Waals surface area contributed by atoms with E-state index in [4.69, 9.17) is 9.26 Å². The van der Waals surface area contributed by atoms with Crippen LogP contribution in [0.1, 0.15) is 5.56 Å². The fourth-order valence-electron chi connectivity index (χ4n) is 2.61. The highest BCUT2D eigenvalue weighted by molar-refractivity contribution is 7.13. The third-order valence-corrected chi connectivity index (χ3v) is 4.90. The number of hydrogen-bond donors (Lipinski definition) is 1.